The summed E-state index contributed by atoms with van der Waals surface area (Å²) in [5.74, 6) is -1.47. The molecule has 1 heterocycles. The molecule has 0 spiro atoms. The van der Waals surface area contributed by atoms with Crippen LogP contribution in [0, 0.1) is 12.7 Å². The molecule has 0 aliphatic carbocycles. The molecule has 35 heavy (non-hydrogen) atoms. The van der Waals surface area contributed by atoms with Crippen LogP contribution in [0.15, 0.2) is 42.5 Å². The van der Waals surface area contributed by atoms with E-state index < -0.39 is 46.0 Å². The summed E-state index contributed by atoms with van der Waals surface area (Å²) in [6.45, 7) is 5.80. The molecule has 0 N–H and O–H groups in total. The van der Waals surface area contributed by atoms with E-state index in [4.69, 9.17) is 4.74 Å². The third-order valence-corrected chi connectivity index (χ3v) is 8.10. The van der Waals surface area contributed by atoms with Crippen molar-refractivity contribution in [2.45, 2.75) is 46.0 Å². The molecule has 2 aromatic carbocycles. The summed E-state index contributed by atoms with van der Waals surface area (Å²) in [5, 5.41) is 0.960. The molecule has 0 fully saturated rings. The van der Waals surface area contributed by atoms with Gasteiger partial charge in [0.2, 0.25) is 0 Å². The van der Waals surface area contributed by atoms with E-state index in [2.05, 4.69) is 0 Å². The van der Waals surface area contributed by atoms with Crippen molar-refractivity contribution in [3.05, 3.63) is 65.0 Å². The zero-order chi connectivity index (χ0) is 26.3. The Balaban J connectivity index is 2.15. The summed E-state index contributed by atoms with van der Waals surface area (Å²) < 4.78 is 88.0. The SMILES string of the molecule is Cc1c(N(Cc2ccc(F)c(C(F)(F)F)c2)S(=O)(=O)N(C)C(=O)OC(C)(C)C)sc2ccccc12. The average Bonchev–Trinajstić information content (AvgIpc) is 3.06. The van der Waals surface area contributed by atoms with Crippen molar-refractivity contribution < 1.29 is 35.5 Å². The Morgan fingerprint density at radius 2 is 1.71 bits per heavy atom. The fourth-order valence-electron chi connectivity index (χ4n) is 3.28. The maximum Gasteiger partial charge on any atom is 0.425 e. The minimum atomic E-state index is -4.97. The minimum Gasteiger partial charge on any atom is -0.443 e. The first-order valence-electron chi connectivity index (χ1n) is 10.4. The number of rotatable bonds is 5. The lowest BCUT2D eigenvalue weighted by molar-refractivity contribution is -0.140. The van der Waals surface area contributed by atoms with Gasteiger partial charge in [0.25, 0.3) is 0 Å². The van der Waals surface area contributed by atoms with Gasteiger partial charge in [0.15, 0.2) is 0 Å². The average molecular weight is 533 g/mol. The highest BCUT2D eigenvalue weighted by atomic mass is 32.2. The summed E-state index contributed by atoms with van der Waals surface area (Å²) in [5.41, 5.74) is -2.06. The number of hydrogen-bond acceptors (Lipinski definition) is 5. The van der Waals surface area contributed by atoms with Crippen molar-refractivity contribution in [3.63, 3.8) is 0 Å². The van der Waals surface area contributed by atoms with Crippen LogP contribution < -0.4 is 4.31 Å². The second-order valence-electron chi connectivity index (χ2n) is 8.80. The lowest BCUT2D eigenvalue weighted by Crippen LogP contribution is -2.46. The first-order chi connectivity index (χ1) is 16.0. The number of aryl methyl sites for hydroxylation is 1. The van der Waals surface area contributed by atoms with Crippen LogP contribution in [0.5, 0.6) is 0 Å². The number of halogens is 4. The van der Waals surface area contributed by atoms with Gasteiger partial charge >= 0.3 is 22.5 Å². The molecular formula is C23H24F4N2O4S2. The maximum atomic E-state index is 13.8. The molecule has 1 aromatic heterocycles. The molecule has 1 amide bonds. The van der Waals surface area contributed by atoms with E-state index in [-0.39, 0.29) is 10.6 Å². The summed E-state index contributed by atoms with van der Waals surface area (Å²) in [7, 11) is -3.62. The quantitative estimate of drug-likeness (QED) is 0.353. The zero-order valence-electron chi connectivity index (χ0n) is 19.6. The molecule has 0 unspecified atom stereocenters. The number of thiophene rings is 1. The number of alkyl halides is 3. The van der Waals surface area contributed by atoms with Gasteiger partial charge in [0, 0.05) is 11.7 Å². The van der Waals surface area contributed by atoms with E-state index in [0.717, 1.165) is 38.8 Å². The Bertz CT molecular complexity index is 1360. The molecule has 12 heteroatoms. The normalized spacial score (nSPS) is 12.6. The van der Waals surface area contributed by atoms with Crippen molar-refractivity contribution in [2.24, 2.45) is 0 Å². The number of benzene rings is 2. The predicted molar refractivity (Wildman–Crippen MR) is 127 cm³/mol. The van der Waals surface area contributed by atoms with E-state index in [9.17, 15) is 30.8 Å². The van der Waals surface area contributed by atoms with Gasteiger partial charge in [-0.25, -0.2) is 13.5 Å². The van der Waals surface area contributed by atoms with Crippen molar-refractivity contribution in [1.82, 2.24) is 4.31 Å². The third kappa shape index (κ3) is 5.69. The van der Waals surface area contributed by atoms with Crippen LogP contribution in [0.25, 0.3) is 10.1 Å². The Morgan fingerprint density at radius 3 is 2.29 bits per heavy atom. The Hall–Kier alpha value is -2.86. The maximum absolute atomic E-state index is 13.8. The first-order valence-corrected chi connectivity index (χ1v) is 12.6. The highest BCUT2D eigenvalue weighted by molar-refractivity contribution is 7.91. The van der Waals surface area contributed by atoms with Crippen molar-refractivity contribution in [1.29, 1.82) is 0 Å². The highest BCUT2D eigenvalue weighted by Gasteiger charge is 2.37. The molecule has 0 saturated carbocycles. The topological polar surface area (TPSA) is 66.9 Å². The molecule has 0 aliphatic rings. The Labute approximate surface area is 204 Å². The Morgan fingerprint density at radius 1 is 1.09 bits per heavy atom. The van der Waals surface area contributed by atoms with Gasteiger partial charge in [-0.2, -0.15) is 25.9 Å². The number of carbonyl (C=O) groups is 1. The van der Waals surface area contributed by atoms with Crippen LogP contribution in [0.4, 0.5) is 27.4 Å². The number of fused-ring (bicyclic) bond motifs is 1. The summed E-state index contributed by atoms with van der Waals surface area (Å²) >= 11 is 1.10. The van der Waals surface area contributed by atoms with Gasteiger partial charge in [-0.3, -0.25) is 0 Å². The molecule has 0 atom stereocenters. The number of ether oxygens (including phenoxy) is 1. The zero-order valence-corrected chi connectivity index (χ0v) is 21.2. The van der Waals surface area contributed by atoms with Crippen molar-refractivity contribution >= 4 is 42.7 Å². The van der Waals surface area contributed by atoms with E-state index >= 15 is 0 Å². The van der Waals surface area contributed by atoms with Gasteiger partial charge in [-0.05, 0) is 62.4 Å². The number of carbonyl (C=O) groups excluding carboxylic acids is 1. The fourth-order valence-corrected chi connectivity index (χ4v) is 5.97. The molecular weight excluding hydrogens is 508 g/mol. The van der Waals surface area contributed by atoms with Crippen LogP contribution >= 0.6 is 11.3 Å². The van der Waals surface area contributed by atoms with Gasteiger partial charge < -0.3 is 4.74 Å². The van der Waals surface area contributed by atoms with Crippen LogP contribution in [-0.4, -0.2) is 31.5 Å². The lowest BCUT2D eigenvalue weighted by Gasteiger charge is -2.30. The Kier molecular flexibility index (Phi) is 7.11. The van der Waals surface area contributed by atoms with Crippen molar-refractivity contribution in [3.8, 4) is 0 Å². The van der Waals surface area contributed by atoms with Gasteiger partial charge in [-0.15, -0.1) is 11.3 Å². The number of amides is 1. The lowest BCUT2D eigenvalue weighted by atomic mass is 10.1. The summed E-state index contributed by atoms with van der Waals surface area (Å²) in [6.07, 6.45) is -6.12. The monoisotopic (exact) mass is 532 g/mol. The highest BCUT2D eigenvalue weighted by Crippen LogP contribution is 2.40. The number of nitrogens with zero attached hydrogens (tertiary/aromatic N) is 2. The van der Waals surface area contributed by atoms with Crippen LogP contribution in [0.2, 0.25) is 0 Å². The van der Waals surface area contributed by atoms with Gasteiger partial charge in [-0.1, -0.05) is 24.3 Å². The smallest absolute Gasteiger partial charge is 0.425 e. The second kappa shape index (κ2) is 9.30. The van der Waals surface area contributed by atoms with Crippen LogP contribution in [0.1, 0.15) is 37.5 Å². The van der Waals surface area contributed by atoms with E-state index in [0.29, 0.717) is 22.0 Å². The molecule has 6 nitrogen and oxygen atoms in total. The van der Waals surface area contributed by atoms with Gasteiger partial charge in [0.1, 0.15) is 16.4 Å². The third-order valence-electron chi connectivity index (χ3n) is 4.98. The second-order valence-corrected chi connectivity index (χ2v) is 11.7. The van der Waals surface area contributed by atoms with E-state index in [1.54, 1.807) is 52.0 Å². The van der Waals surface area contributed by atoms with Crippen molar-refractivity contribution in [2.75, 3.05) is 11.4 Å². The fraction of sp³-hybridized carbons (Fsp3) is 0.348. The molecule has 0 aliphatic heterocycles. The van der Waals surface area contributed by atoms with Gasteiger partial charge in [0.05, 0.1) is 12.1 Å². The molecule has 3 aromatic rings. The molecule has 0 radical (unpaired) electrons. The predicted octanol–water partition coefficient (Wildman–Crippen LogP) is 6.49. The van der Waals surface area contributed by atoms with Crippen LogP contribution in [-0.2, 0) is 27.7 Å². The molecule has 0 saturated heterocycles. The number of anilines is 1. The first kappa shape index (κ1) is 26.7. The minimum absolute atomic E-state index is 0.114. The number of hydrogen-bond donors (Lipinski definition) is 0. The standard InChI is InChI=1S/C23H24F4N2O4S2/c1-14-16-8-6-7-9-19(16)34-20(14)29(35(31,32)28(5)21(30)33-22(2,3)4)13-15-10-11-18(24)17(12-15)23(25,26)27/h6-12H,13H2,1-5H3. The molecule has 190 valence electrons. The van der Waals surface area contributed by atoms with E-state index in [1.807, 2.05) is 0 Å². The van der Waals surface area contributed by atoms with Crippen LogP contribution in [0.3, 0.4) is 0 Å². The largest absolute Gasteiger partial charge is 0.443 e. The molecule has 0 bridgehead atoms. The summed E-state index contributed by atoms with van der Waals surface area (Å²) in [4.78, 5) is 12.6. The summed E-state index contributed by atoms with van der Waals surface area (Å²) in [6, 6.07) is 9.37. The van der Waals surface area contributed by atoms with E-state index in [1.165, 1.54) is 0 Å². The molecule has 3 rings (SSSR count).